The molecule has 0 saturated carbocycles. The number of alkyl halides is 2. The number of carbonyl (C=O) groups is 6. The Bertz CT molecular complexity index is 676. The Balaban J connectivity index is 6.10. The van der Waals surface area contributed by atoms with Crippen LogP contribution in [0.3, 0.4) is 0 Å². The van der Waals surface area contributed by atoms with Crippen molar-refractivity contribution in [3.63, 3.8) is 0 Å². The molecule has 0 amide bonds. The van der Waals surface area contributed by atoms with Gasteiger partial charge in [-0.15, -0.1) is 0 Å². The molecule has 0 aromatic heterocycles. The van der Waals surface area contributed by atoms with Crippen molar-refractivity contribution in [2.75, 3.05) is 0 Å². The molecular formula is C12H12F2O13. The van der Waals surface area contributed by atoms with Crippen LogP contribution in [0.4, 0.5) is 8.78 Å². The van der Waals surface area contributed by atoms with E-state index in [-0.39, 0.29) is 0 Å². The molecule has 6 N–H and O–H groups in total. The molecule has 0 aliphatic rings. The summed E-state index contributed by atoms with van der Waals surface area (Å²) in [6, 6.07) is 0. The molecule has 0 rings (SSSR count). The number of aliphatic hydroxyl groups is 1. The van der Waals surface area contributed by atoms with Crippen LogP contribution in [-0.2, 0) is 33.5 Å². The maximum atomic E-state index is 14.1. The Morgan fingerprint density at radius 1 is 0.778 bits per heavy atom. The third-order valence-electron chi connectivity index (χ3n) is 3.10. The predicted molar refractivity (Wildman–Crippen MR) is 71.0 cm³/mol. The molecule has 0 radical (unpaired) electrons. The van der Waals surface area contributed by atoms with Gasteiger partial charge in [0.1, 0.15) is 0 Å². The molecule has 0 saturated heterocycles. The fourth-order valence-electron chi connectivity index (χ4n) is 1.76. The summed E-state index contributed by atoms with van der Waals surface area (Å²) in [4.78, 5) is 65.7. The van der Waals surface area contributed by atoms with Crippen molar-refractivity contribution in [2.24, 2.45) is 0 Å². The van der Waals surface area contributed by atoms with Crippen LogP contribution in [-0.4, -0.2) is 90.0 Å². The number of rotatable bonds is 11. The number of carboxylic acids is 5. The Hall–Kier alpha value is -3.36. The van der Waals surface area contributed by atoms with E-state index in [0.717, 1.165) is 0 Å². The average Bonchev–Trinajstić information content (AvgIpc) is 2.50. The van der Waals surface area contributed by atoms with E-state index in [1.165, 1.54) is 0 Å². The molecule has 15 heteroatoms. The van der Waals surface area contributed by atoms with Crippen LogP contribution in [0.15, 0.2) is 0 Å². The first-order chi connectivity index (χ1) is 12.1. The zero-order valence-electron chi connectivity index (χ0n) is 12.9. The molecule has 0 bridgehead atoms. The second-order valence-corrected chi connectivity index (χ2v) is 5.05. The van der Waals surface area contributed by atoms with Crippen molar-refractivity contribution < 1.29 is 72.9 Å². The third kappa shape index (κ3) is 5.06. The van der Waals surface area contributed by atoms with E-state index < -0.39 is 72.2 Å². The molecule has 0 aromatic rings. The fraction of sp³-hybridized carbons (Fsp3) is 0.500. The molecule has 0 heterocycles. The molecule has 13 nitrogen and oxygen atoms in total. The lowest BCUT2D eigenvalue weighted by Gasteiger charge is -2.31. The summed E-state index contributed by atoms with van der Waals surface area (Å²) >= 11 is 0. The number of halogens is 2. The van der Waals surface area contributed by atoms with Crippen LogP contribution in [0.25, 0.3) is 0 Å². The normalized spacial score (nSPS) is 17.4. The standard InChI is InChI=1S/C12H12F2O13/c13-5(7(19)20)12(10(24)25,2-4(17)18)27-8(21)6(14)11(26,9(22)23)1-3(15)16/h5-6,26H,1-2H2,(H,15,16)(H,17,18)(H,19,20)(H,22,23)(H,24,25). The summed E-state index contributed by atoms with van der Waals surface area (Å²) in [6.07, 6.45) is -11.6. The van der Waals surface area contributed by atoms with Crippen molar-refractivity contribution in [1.82, 2.24) is 0 Å². The van der Waals surface area contributed by atoms with Gasteiger partial charge in [0.25, 0.3) is 5.60 Å². The smallest absolute Gasteiger partial charge is 0.352 e. The van der Waals surface area contributed by atoms with Gasteiger partial charge in [-0.05, 0) is 0 Å². The molecular weight excluding hydrogens is 390 g/mol. The van der Waals surface area contributed by atoms with Gasteiger partial charge in [-0.3, -0.25) is 9.59 Å². The highest BCUT2D eigenvalue weighted by Crippen LogP contribution is 2.29. The Kier molecular flexibility index (Phi) is 7.31. The van der Waals surface area contributed by atoms with Gasteiger partial charge in [-0.25, -0.2) is 28.0 Å². The topological polar surface area (TPSA) is 233 Å². The van der Waals surface area contributed by atoms with Crippen molar-refractivity contribution in [3.05, 3.63) is 0 Å². The number of ether oxygens (including phenoxy) is 1. The molecule has 0 aliphatic carbocycles. The Morgan fingerprint density at radius 3 is 1.52 bits per heavy atom. The van der Waals surface area contributed by atoms with Crippen molar-refractivity contribution in [3.8, 4) is 0 Å². The van der Waals surface area contributed by atoms with Gasteiger partial charge in [0.2, 0.25) is 17.9 Å². The molecule has 152 valence electrons. The van der Waals surface area contributed by atoms with E-state index >= 15 is 0 Å². The monoisotopic (exact) mass is 402 g/mol. The van der Waals surface area contributed by atoms with E-state index in [4.69, 9.17) is 25.5 Å². The van der Waals surface area contributed by atoms with Crippen LogP contribution >= 0.6 is 0 Å². The Labute approximate surface area is 146 Å². The van der Waals surface area contributed by atoms with Gasteiger partial charge >= 0.3 is 35.8 Å². The lowest BCUT2D eigenvalue weighted by molar-refractivity contribution is -0.206. The van der Waals surface area contributed by atoms with Gasteiger partial charge in [-0.1, -0.05) is 0 Å². The minimum Gasteiger partial charge on any atom is -0.481 e. The van der Waals surface area contributed by atoms with Crippen molar-refractivity contribution >= 4 is 35.8 Å². The quantitative estimate of drug-likeness (QED) is 0.203. The number of aliphatic carboxylic acids is 5. The van der Waals surface area contributed by atoms with Crippen molar-refractivity contribution in [1.29, 1.82) is 0 Å². The van der Waals surface area contributed by atoms with Crippen LogP contribution in [0.1, 0.15) is 12.8 Å². The van der Waals surface area contributed by atoms with E-state index in [1.54, 1.807) is 0 Å². The SMILES string of the molecule is O=C(O)CC(O)(C(=O)O)C(F)C(=O)OC(CC(=O)O)(C(=O)O)C(F)C(=O)O. The van der Waals surface area contributed by atoms with E-state index in [0.29, 0.717) is 0 Å². The molecule has 27 heavy (non-hydrogen) atoms. The molecule has 4 atom stereocenters. The molecule has 0 spiro atoms. The highest BCUT2D eigenvalue weighted by Gasteiger charge is 2.59. The lowest BCUT2D eigenvalue weighted by Crippen LogP contribution is -2.59. The van der Waals surface area contributed by atoms with Gasteiger partial charge in [0, 0.05) is 0 Å². The maximum Gasteiger partial charge on any atom is 0.352 e. The number of hydrogen-bond acceptors (Lipinski definition) is 8. The molecule has 0 fully saturated rings. The number of carboxylic acid groups (broad SMARTS) is 5. The lowest BCUT2D eigenvalue weighted by atomic mass is 9.91. The van der Waals surface area contributed by atoms with Crippen molar-refractivity contribution in [2.45, 2.75) is 36.4 Å². The first kappa shape index (κ1) is 23.6. The van der Waals surface area contributed by atoms with E-state index in [9.17, 15) is 42.7 Å². The maximum absolute atomic E-state index is 14.1. The van der Waals surface area contributed by atoms with E-state index in [2.05, 4.69) is 4.74 Å². The second-order valence-electron chi connectivity index (χ2n) is 5.05. The van der Waals surface area contributed by atoms with Gasteiger partial charge in [0.05, 0.1) is 12.8 Å². The highest BCUT2D eigenvalue weighted by atomic mass is 19.1. The molecule has 4 unspecified atom stereocenters. The predicted octanol–water partition coefficient (Wildman–Crippen LogP) is -2.12. The third-order valence-corrected chi connectivity index (χ3v) is 3.10. The Morgan fingerprint density at radius 2 is 1.22 bits per heavy atom. The summed E-state index contributed by atoms with van der Waals surface area (Å²) in [5.74, 6) is -15.0. The highest BCUT2D eigenvalue weighted by molar-refractivity contribution is 5.96. The minimum atomic E-state index is -4.04. The van der Waals surface area contributed by atoms with Gasteiger partial charge < -0.3 is 35.4 Å². The minimum absolute atomic E-state index is 1.93. The summed E-state index contributed by atoms with van der Waals surface area (Å²) in [5.41, 5.74) is -8.05. The summed E-state index contributed by atoms with van der Waals surface area (Å²) < 4.78 is 31.7. The summed E-state index contributed by atoms with van der Waals surface area (Å²) in [7, 11) is 0. The molecule has 0 aliphatic heterocycles. The number of esters is 1. The first-order valence-corrected chi connectivity index (χ1v) is 6.48. The van der Waals surface area contributed by atoms with Crippen LogP contribution in [0.5, 0.6) is 0 Å². The van der Waals surface area contributed by atoms with E-state index in [1.807, 2.05) is 0 Å². The van der Waals surface area contributed by atoms with Crippen LogP contribution in [0, 0.1) is 0 Å². The summed E-state index contributed by atoms with van der Waals surface area (Å²) in [5, 5.41) is 52.8. The van der Waals surface area contributed by atoms with Crippen LogP contribution < -0.4 is 0 Å². The second kappa shape index (κ2) is 8.35. The zero-order chi connectivity index (χ0) is 21.7. The largest absolute Gasteiger partial charge is 0.481 e. The molecule has 0 aromatic carbocycles. The fourth-order valence-corrected chi connectivity index (χ4v) is 1.76. The number of carbonyl (C=O) groups excluding carboxylic acids is 1. The van der Waals surface area contributed by atoms with Crippen LogP contribution in [0.2, 0.25) is 0 Å². The first-order valence-electron chi connectivity index (χ1n) is 6.48. The van der Waals surface area contributed by atoms with Gasteiger partial charge in [-0.2, -0.15) is 0 Å². The zero-order valence-corrected chi connectivity index (χ0v) is 12.9. The van der Waals surface area contributed by atoms with Gasteiger partial charge in [0.15, 0.2) is 0 Å². The average molecular weight is 402 g/mol. The summed E-state index contributed by atoms with van der Waals surface area (Å²) in [6.45, 7) is 0. The number of hydrogen-bond donors (Lipinski definition) is 6.